The van der Waals surface area contributed by atoms with E-state index < -0.39 is 10.0 Å². The number of halogens is 2. The van der Waals surface area contributed by atoms with Crippen molar-refractivity contribution in [1.29, 1.82) is 0 Å². The summed E-state index contributed by atoms with van der Waals surface area (Å²) in [6.07, 6.45) is 0.668. The minimum atomic E-state index is -3.64. The van der Waals surface area contributed by atoms with Gasteiger partial charge in [0.15, 0.2) is 0 Å². The van der Waals surface area contributed by atoms with E-state index in [4.69, 9.17) is 27.9 Å². The molecule has 0 aliphatic rings. The first-order valence-corrected chi connectivity index (χ1v) is 10.7. The molecule has 0 heterocycles. The maximum atomic E-state index is 12.7. The summed E-state index contributed by atoms with van der Waals surface area (Å²) in [7, 11) is -2.04. The van der Waals surface area contributed by atoms with Gasteiger partial charge in [-0.25, -0.2) is 13.1 Å². The summed E-state index contributed by atoms with van der Waals surface area (Å²) in [6.45, 7) is 4.10. The van der Waals surface area contributed by atoms with E-state index in [2.05, 4.69) is 18.6 Å². The highest BCUT2D eigenvalue weighted by molar-refractivity contribution is 7.88. The van der Waals surface area contributed by atoms with E-state index in [0.717, 1.165) is 11.3 Å². The Balaban J connectivity index is 2.25. The first-order chi connectivity index (χ1) is 12.2. The smallest absolute Gasteiger partial charge is 0.216 e. The van der Waals surface area contributed by atoms with Crippen LogP contribution in [0, 0.1) is 5.92 Å². The molecule has 0 aliphatic heterocycles. The van der Waals surface area contributed by atoms with Crippen LogP contribution in [0.2, 0.25) is 10.0 Å². The van der Waals surface area contributed by atoms with Crippen LogP contribution < -0.4 is 9.46 Å². The quantitative estimate of drug-likeness (QED) is 0.643. The van der Waals surface area contributed by atoms with Crippen LogP contribution in [0.5, 0.6) is 5.75 Å². The van der Waals surface area contributed by atoms with Gasteiger partial charge in [-0.1, -0.05) is 55.2 Å². The van der Waals surface area contributed by atoms with Crippen molar-refractivity contribution in [3.8, 4) is 5.75 Å². The highest BCUT2D eigenvalue weighted by Crippen LogP contribution is 2.28. The van der Waals surface area contributed by atoms with E-state index in [1.54, 1.807) is 25.3 Å². The lowest BCUT2D eigenvalue weighted by molar-refractivity contribution is 0.414. The molecule has 1 atom stereocenters. The molecule has 0 aromatic heterocycles. The fourth-order valence-electron chi connectivity index (χ4n) is 2.68. The molecule has 1 N–H and O–H groups in total. The second-order valence-electron chi connectivity index (χ2n) is 6.53. The van der Waals surface area contributed by atoms with E-state index in [-0.39, 0.29) is 11.8 Å². The van der Waals surface area contributed by atoms with Crippen LogP contribution >= 0.6 is 23.2 Å². The highest BCUT2D eigenvalue weighted by atomic mass is 35.5. The maximum absolute atomic E-state index is 12.7. The third-order valence-corrected chi connectivity index (χ3v) is 5.96. The van der Waals surface area contributed by atoms with Crippen molar-refractivity contribution in [1.82, 2.24) is 4.72 Å². The zero-order valence-corrected chi connectivity index (χ0v) is 17.3. The first-order valence-electron chi connectivity index (χ1n) is 8.28. The number of hydrogen-bond acceptors (Lipinski definition) is 3. The number of sulfonamides is 1. The number of nitrogens with one attached hydrogen (secondary N) is 1. The van der Waals surface area contributed by atoms with Crippen molar-refractivity contribution < 1.29 is 13.2 Å². The first kappa shape index (κ1) is 21.0. The van der Waals surface area contributed by atoms with Crippen LogP contribution in [0.25, 0.3) is 0 Å². The summed E-state index contributed by atoms with van der Waals surface area (Å²) >= 11 is 12.2. The zero-order chi connectivity index (χ0) is 19.3. The number of methoxy groups -OCH3 is 1. The monoisotopic (exact) mass is 415 g/mol. The molecule has 0 bridgehead atoms. The molecule has 2 aromatic carbocycles. The predicted molar refractivity (Wildman–Crippen MR) is 107 cm³/mol. The third kappa shape index (κ3) is 5.88. The molecule has 0 unspecified atom stereocenters. The molecule has 7 heteroatoms. The largest absolute Gasteiger partial charge is 0.497 e. The normalized spacial score (nSPS) is 13.0. The molecule has 2 rings (SSSR count). The summed E-state index contributed by atoms with van der Waals surface area (Å²) < 4.78 is 33.4. The van der Waals surface area contributed by atoms with E-state index in [1.165, 1.54) is 0 Å². The minimum absolute atomic E-state index is 0.268. The molecule has 26 heavy (non-hydrogen) atoms. The SMILES string of the molecule is COc1ccc([C@H](CC(C)C)NS(=O)(=O)Cc2c(Cl)cccc2Cl)cc1. The van der Waals surface area contributed by atoms with Crippen LogP contribution in [0.15, 0.2) is 42.5 Å². The summed E-state index contributed by atoms with van der Waals surface area (Å²) in [4.78, 5) is 0. The van der Waals surface area contributed by atoms with Gasteiger partial charge in [-0.15, -0.1) is 0 Å². The van der Waals surface area contributed by atoms with E-state index in [1.807, 2.05) is 24.3 Å². The number of hydrogen-bond donors (Lipinski definition) is 1. The second-order valence-corrected chi connectivity index (χ2v) is 9.10. The lowest BCUT2D eigenvalue weighted by Crippen LogP contribution is -2.30. The Bertz CT molecular complexity index is 816. The van der Waals surface area contributed by atoms with E-state index in [0.29, 0.717) is 27.9 Å². The van der Waals surface area contributed by atoms with Gasteiger partial charge >= 0.3 is 0 Å². The van der Waals surface area contributed by atoms with Crippen molar-refractivity contribution in [2.45, 2.75) is 32.1 Å². The van der Waals surface area contributed by atoms with Gasteiger partial charge < -0.3 is 4.74 Å². The Kier molecular flexibility index (Phi) is 7.35. The van der Waals surface area contributed by atoms with Crippen LogP contribution in [0.4, 0.5) is 0 Å². The Labute approximate surface area is 165 Å². The highest BCUT2D eigenvalue weighted by Gasteiger charge is 2.23. The van der Waals surface area contributed by atoms with Gasteiger partial charge in [-0.3, -0.25) is 0 Å². The molecule has 0 saturated heterocycles. The Morgan fingerprint density at radius 1 is 1.04 bits per heavy atom. The standard InChI is InChI=1S/C19H23Cl2NO3S/c1-13(2)11-19(14-7-9-15(25-3)10-8-14)22-26(23,24)12-16-17(20)5-4-6-18(16)21/h4-10,13,19,22H,11-12H2,1-3H3/t19-/m0/s1. The van der Waals surface area contributed by atoms with Crippen LogP contribution in [0.3, 0.4) is 0 Å². The van der Waals surface area contributed by atoms with Crippen molar-refractivity contribution in [3.63, 3.8) is 0 Å². The van der Waals surface area contributed by atoms with Crippen molar-refractivity contribution >= 4 is 33.2 Å². The molecule has 0 radical (unpaired) electrons. The molecule has 0 fully saturated rings. The van der Waals surface area contributed by atoms with Gasteiger partial charge in [0.25, 0.3) is 0 Å². The van der Waals surface area contributed by atoms with Crippen molar-refractivity contribution in [2.75, 3.05) is 7.11 Å². The fourth-order valence-corrected chi connectivity index (χ4v) is 4.81. The predicted octanol–water partition coefficient (Wildman–Crippen LogP) is 5.21. The lowest BCUT2D eigenvalue weighted by Gasteiger charge is -2.22. The van der Waals surface area contributed by atoms with Gasteiger partial charge in [0.2, 0.25) is 10.0 Å². The Hall–Kier alpha value is -1.27. The van der Waals surface area contributed by atoms with Crippen molar-refractivity contribution in [2.24, 2.45) is 5.92 Å². The Morgan fingerprint density at radius 3 is 2.12 bits per heavy atom. The summed E-state index contributed by atoms with van der Waals surface area (Å²) in [6, 6.07) is 12.0. The number of rotatable bonds is 8. The summed E-state index contributed by atoms with van der Waals surface area (Å²) in [5, 5.41) is 0.681. The molecule has 0 spiro atoms. The molecule has 2 aromatic rings. The van der Waals surface area contributed by atoms with E-state index >= 15 is 0 Å². The topological polar surface area (TPSA) is 55.4 Å². The number of benzene rings is 2. The van der Waals surface area contributed by atoms with Crippen molar-refractivity contribution in [3.05, 3.63) is 63.6 Å². The van der Waals surface area contributed by atoms with Crippen LogP contribution in [-0.4, -0.2) is 15.5 Å². The van der Waals surface area contributed by atoms with Crippen LogP contribution in [0.1, 0.15) is 37.4 Å². The molecular formula is C19H23Cl2NO3S. The molecule has 0 aliphatic carbocycles. The molecular weight excluding hydrogens is 393 g/mol. The van der Waals surface area contributed by atoms with Gasteiger partial charge in [-0.05, 0) is 42.2 Å². The fraction of sp³-hybridized carbons (Fsp3) is 0.368. The average Bonchev–Trinajstić information content (AvgIpc) is 2.57. The summed E-state index contributed by atoms with van der Waals surface area (Å²) in [5.41, 5.74) is 1.29. The van der Waals surface area contributed by atoms with Gasteiger partial charge in [0.05, 0.1) is 12.9 Å². The van der Waals surface area contributed by atoms with Gasteiger partial charge in [0.1, 0.15) is 5.75 Å². The lowest BCUT2D eigenvalue weighted by atomic mass is 9.98. The van der Waals surface area contributed by atoms with E-state index in [9.17, 15) is 8.42 Å². The molecule has 0 amide bonds. The Morgan fingerprint density at radius 2 is 1.62 bits per heavy atom. The maximum Gasteiger partial charge on any atom is 0.216 e. The zero-order valence-electron chi connectivity index (χ0n) is 15.0. The number of ether oxygens (including phenoxy) is 1. The third-order valence-electron chi connectivity index (χ3n) is 3.94. The average molecular weight is 416 g/mol. The minimum Gasteiger partial charge on any atom is -0.497 e. The molecule has 0 saturated carbocycles. The summed E-state index contributed by atoms with van der Waals surface area (Å²) in [5.74, 6) is 0.771. The second kappa shape index (κ2) is 9.09. The van der Waals surface area contributed by atoms with Crippen LogP contribution in [-0.2, 0) is 15.8 Å². The molecule has 4 nitrogen and oxygen atoms in total. The molecule has 142 valence electrons. The van der Waals surface area contributed by atoms with Gasteiger partial charge in [0, 0.05) is 21.7 Å². The van der Waals surface area contributed by atoms with Gasteiger partial charge in [-0.2, -0.15) is 0 Å².